The van der Waals surface area contributed by atoms with Crippen LogP contribution in [-0.4, -0.2) is 35.8 Å². The fourth-order valence-electron chi connectivity index (χ4n) is 4.57. The number of aromatic nitrogens is 2. The van der Waals surface area contributed by atoms with Crippen molar-refractivity contribution in [2.24, 2.45) is 0 Å². The Balaban J connectivity index is 1.45. The van der Waals surface area contributed by atoms with Gasteiger partial charge in [0.1, 0.15) is 11.9 Å². The van der Waals surface area contributed by atoms with Crippen LogP contribution in [0.1, 0.15) is 25.1 Å². The summed E-state index contributed by atoms with van der Waals surface area (Å²) in [6, 6.07) is 18.4. The highest BCUT2D eigenvalue weighted by molar-refractivity contribution is 6.06. The molecule has 5 rings (SSSR count). The summed E-state index contributed by atoms with van der Waals surface area (Å²) in [6.45, 7) is 2.01. The van der Waals surface area contributed by atoms with Gasteiger partial charge in [-0.1, -0.05) is 49.4 Å². The normalized spacial score (nSPS) is 14.5. The number of amides is 2. The largest absolute Gasteiger partial charge is 0.493 e. The first-order chi connectivity index (χ1) is 17.0. The van der Waals surface area contributed by atoms with Crippen LogP contribution in [-0.2, 0) is 16.0 Å². The average molecular weight is 471 g/mol. The summed E-state index contributed by atoms with van der Waals surface area (Å²) in [5.41, 5.74) is 3.21. The molecular formula is C27H26N4O4. The number of fused-ring (bicyclic) bond motifs is 2. The van der Waals surface area contributed by atoms with Crippen molar-refractivity contribution in [3.63, 3.8) is 0 Å². The molecule has 178 valence electrons. The fourth-order valence-corrected chi connectivity index (χ4v) is 4.57. The topological polar surface area (TPSA) is 94.5 Å². The van der Waals surface area contributed by atoms with E-state index < -0.39 is 6.04 Å². The third kappa shape index (κ3) is 3.97. The predicted octanol–water partition coefficient (Wildman–Crippen LogP) is 4.80. The Morgan fingerprint density at radius 1 is 1.06 bits per heavy atom. The lowest BCUT2D eigenvalue weighted by molar-refractivity contribution is -0.123. The number of methoxy groups -OCH3 is 2. The van der Waals surface area contributed by atoms with Crippen molar-refractivity contribution in [3.05, 3.63) is 66.4 Å². The Morgan fingerprint density at radius 2 is 1.83 bits per heavy atom. The molecular weight excluding hydrogens is 444 g/mol. The number of nitrogens with one attached hydrogen (secondary N) is 2. The predicted molar refractivity (Wildman–Crippen MR) is 135 cm³/mol. The van der Waals surface area contributed by atoms with E-state index in [1.807, 2.05) is 67.6 Å². The number of hydrogen-bond donors (Lipinski definition) is 2. The van der Waals surface area contributed by atoms with E-state index in [9.17, 15) is 9.59 Å². The minimum atomic E-state index is -0.737. The number of rotatable bonds is 7. The van der Waals surface area contributed by atoms with Crippen LogP contribution in [0.5, 0.6) is 11.5 Å². The molecule has 1 unspecified atom stereocenters. The van der Waals surface area contributed by atoms with Crippen molar-refractivity contribution >= 4 is 34.1 Å². The van der Waals surface area contributed by atoms with Crippen LogP contribution in [0.2, 0.25) is 0 Å². The molecule has 2 amide bonds. The summed E-state index contributed by atoms with van der Waals surface area (Å²) >= 11 is 0. The van der Waals surface area contributed by atoms with Gasteiger partial charge in [-0.3, -0.25) is 9.59 Å². The number of nitrogens with zero attached hydrogens (tertiary/aromatic N) is 2. The van der Waals surface area contributed by atoms with Gasteiger partial charge in [0.15, 0.2) is 11.5 Å². The highest BCUT2D eigenvalue weighted by Gasteiger charge is 2.37. The maximum atomic E-state index is 13.0. The molecule has 8 nitrogen and oxygen atoms in total. The number of aryl methyl sites for hydroxylation is 1. The second-order valence-electron chi connectivity index (χ2n) is 8.32. The highest BCUT2D eigenvalue weighted by atomic mass is 16.5. The number of hydrogen-bond acceptors (Lipinski definition) is 5. The van der Waals surface area contributed by atoms with Crippen LogP contribution in [0, 0.1) is 0 Å². The quantitative estimate of drug-likeness (QED) is 0.404. The van der Waals surface area contributed by atoms with Gasteiger partial charge in [0.05, 0.1) is 26.3 Å². The van der Waals surface area contributed by atoms with E-state index in [4.69, 9.17) is 14.6 Å². The van der Waals surface area contributed by atoms with Gasteiger partial charge >= 0.3 is 0 Å². The Labute approximate surface area is 202 Å². The maximum absolute atomic E-state index is 13.0. The second-order valence-corrected chi connectivity index (χ2v) is 8.32. The summed E-state index contributed by atoms with van der Waals surface area (Å²) < 4.78 is 12.4. The van der Waals surface area contributed by atoms with Crippen molar-refractivity contribution in [2.75, 3.05) is 24.9 Å². The number of benzene rings is 3. The molecule has 0 fully saturated rings. The van der Waals surface area contributed by atoms with Crippen LogP contribution >= 0.6 is 0 Å². The minimum Gasteiger partial charge on any atom is -0.493 e. The zero-order valence-electron chi connectivity index (χ0n) is 19.8. The second kappa shape index (κ2) is 9.13. The Kier molecular flexibility index (Phi) is 5.86. The van der Waals surface area contributed by atoms with Gasteiger partial charge in [0.25, 0.3) is 5.91 Å². The summed E-state index contributed by atoms with van der Waals surface area (Å²) in [4.78, 5) is 25.9. The zero-order chi connectivity index (χ0) is 24.5. The highest BCUT2D eigenvalue weighted by Crippen LogP contribution is 2.41. The lowest BCUT2D eigenvalue weighted by atomic mass is 10.0. The number of anilines is 2. The van der Waals surface area contributed by atoms with E-state index in [0.717, 1.165) is 27.6 Å². The molecule has 35 heavy (non-hydrogen) atoms. The third-order valence-corrected chi connectivity index (χ3v) is 6.27. The van der Waals surface area contributed by atoms with Crippen molar-refractivity contribution in [3.8, 4) is 22.6 Å². The van der Waals surface area contributed by atoms with E-state index in [1.54, 1.807) is 18.9 Å². The molecule has 1 atom stereocenters. The number of carbonyl (C=O) groups is 2. The standard InChI is InChI=1S/C27H26N4O4/c1-4-19-25(17-12-13-22(34-2)23(14-17)35-3)26-29-27(33)21(31(26)30-19)15-24(32)28-20-11-7-9-16-8-5-6-10-18(16)20/h5-14,21H,4,15H2,1-3H3,(H,28,32)(H,29,33). The van der Waals surface area contributed by atoms with E-state index in [2.05, 4.69) is 10.6 Å². The Hall–Kier alpha value is -4.33. The molecule has 3 aromatic carbocycles. The Morgan fingerprint density at radius 3 is 2.60 bits per heavy atom. The molecule has 1 aliphatic rings. The molecule has 0 saturated carbocycles. The number of carbonyl (C=O) groups excluding carboxylic acids is 2. The number of ether oxygens (including phenoxy) is 2. The van der Waals surface area contributed by atoms with Crippen LogP contribution in [0.25, 0.3) is 21.9 Å². The smallest absolute Gasteiger partial charge is 0.251 e. The average Bonchev–Trinajstić information content (AvgIpc) is 3.38. The van der Waals surface area contributed by atoms with Gasteiger partial charge in [-0.25, -0.2) is 4.68 Å². The van der Waals surface area contributed by atoms with Crippen LogP contribution < -0.4 is 20.1 Å². The van der Waals surface area contributed by atoms with Gasteiger partial charge in [0, 0.05) is 16.6 Å². The van der Waals surface area contributed by atoms with Gasteiger partial charge < -0.3 is 20.1 Å². The van der Waals surface area contributed by atoms with Gasteiger partial charge in [-0.05, 0) is 35.6 Å². The van der Waals surface area contributed by atoms with E-state index in [1.165, 1.54) is 0 Å². The molecule has 0 spiro atoms. The first kappa shape index (κ1) is 22.5. The van der Waals surface area contributed by atoms with Gasteiger partial charge in [0.2, 0.25) is 5.91 Å². The molecule has 1 aromatic heterocycles. The van der Waals surface area contributed by atoms with E-state index in [-0.39, 0.29) is 18.2 Å². The van der Waals surface area contributed by atoms with E-state index in [0.29, 0.717) is 29.4 Å². The van der Waals surface area contributed by atoms with Crippen molar-refractivity contribution in [1.29, 1.82) is 0 Å². The Bertz CT molecular complexity index is 1440. The fraction of sp³-hybridized carbons (Fsp3) is 0.222. The molecule has 0 bridgehead atoms. The SMILES string of the molecule is CCc1nn2c(c1-c1ccc(OC)c(OC)c1)NC(=O)C2CC(=O)Nc1cccc2ccccc12. The molecule has 0 saturated heterocycles. The van der Waals surface area contributed by atoms with Crippen molar-refractivity contribution < 1.29 is 19.1 Å². The maximum Gasteiger partial charge on any atom is 0.251 e. The van der Waals surface area contributed by atoms with Crippen molar-refractivity contribution in [2.45, 2.75) is 25.8 Å². The summed E-state index contributed by atoms with van der Waals surface area (Å²) in [5, 5.41) is 12.6. The van der Waals surface area contributed by atoms with Crippen LogP contribution in [0.4, 0.5) is 11.5 Å². The molecule has 8 heteroatoms. The first-order valence-corrected chi connectivity index (χ1v) is 11.5. The van der Waals surface area contributed by atoms with Crippen LogP contribution in [0.15, 0.2) is 60.7 Å². The first-order valence-electron chi connectivity index (χ1n) is 11.5. The van der Waals surface area contributed by atoms with Crippen molar-refractivity contribution in [1.82, 2.24) is 9.78 Å². The summed E-state index contributed by atoms with van der Waals surface area (Å²) in [5.74, 6) is 1.27. The lowest BCUT2D eigenvalue weighted by Crippen LogP contribution is -2.24. The summed E-state index contributed by atoms with van der Waals surface area (Å²) in [6.07, 6.45) is 0.632. The molecule has 0 radical (unpaired) electrons. The summed E-state index contributed by atoms with van der Waals surface area (Å²) in [7, 11) is 3.16. The van der Waals surface area contributed by atoms with Gasteiger partial charge in [-0.15, -0.1) is 0 Å². The minimum absolute atomic E-state index is 0.0295. The monoisotopic (exact) mass is 470 g/mol. The van der Waals surface area contributed by atoms with Gasteiger partial charge in [-0.2, -0.15) is 5.10 Å². The molecule has 1 aliphatic heterocycles. The molecule has 4 aromatic rings. The third-order valence-electron chi connectivity index (χ3n) is 6.27. The molecule has 0 aliphatic carbocycles. The molecule has 2 heterocycles. The molecule has 2 N–H and O–H groups in total. The lowest BCUT2D eigenvalue weighted by Gasteiger charge is -2.12. The zero-order valence-corrected chi connectivity index (χ0v) is 19.8. The van der Waals surface area contributed by atoms with E-state index >= 15 is 0 Å². The van der Waals surface area contributed by atoms with Crippen LogP contribution in [0.3, 0.4) is 0 Å².